The fraction of sp³-hybridized carbons (Fsp3) is 0.778. The third kappa shape index (κ3) is 1.68. The molecule has 0 aromatic heterocycles. The van der Waals surface area contributed by atoms with E-state index in [0.29, 0.717) is 0 Å². The molecule has 0 radical (unpaired) electrons. The van der Waals surface area contributed by atoms with Gasteiger partial charge in [-0.05, 0) is 6.08 Å². The molecule has 2 unspecified atom stereocenters. The molecule has 2 heterocycles. The fourth-order valence-corrected chi connectivity index (χ4v) is 3.65. The average molecular weight is 297 g/mol. The number of likely N-dealkylation sites (N-methyl/N-ethyl adjacent to an activating group) is 1. The second-order valence-electron chi connectivity index (χ2n) is 4.05. The fourth-order valence-electron chi connectivity index (χ4n) is 1.99. The van der Waals surface area contributed by atoms with Crippen LogP contribution in [0, 0.1) is 0 Å². The Labute approximate surface area is 96.2 Å². The molecule has 2 atom stereocenters. The van der Waals surface area contributed by atoms with E-state index in [1.54, 1.807) is 0 Å². The number of thioether (sulfide) groups is 1. The molecule has 12 heavy (non-hydrogen) atoms. The normalized spacial score (nSPS) is 37.2. The van der Waals surface area contributed by atoms with Crippen LogP contribution in [0.15, 0.2) is 12.2 Å². The van der Waals surface area contributed by atoms with E-state index in [2.05, 4.69) is 38.0 Å². The highest BCUT2D eigenvalue weighted by Gasteiger charge is 2.40. The lowest BCUT2D eigenvalue weighted by Gasteiger charge is -2.48. The molecule has 0 amide bonds. The van der Waals surface area contributed by atoms with Gasteiger partial charge in [0.25, 0.3) is 0 Å². The zero-order chi connectivity index (χ0) is 7.90. The van der Waals surface area contributed by atoms with Gasteiger partial charge in [-0.15, -0.1) is 11.8 Å². The van der Waals surface area contributed by atoms with E-state index >= 15 is 0 Å². The van der Waals surface area contributed by atoms with Gasteiger partial charge in [0.2, 0.25) is 0 Å². The minimum absolute atomic E-state index is 0. The summed E-state index contributed by atoms with van der Waals surface area (Å²) in [7, 11) is 4.75. The number of nitrogens with zero attached hydrogens (tertiary/aromatic N) is 1. The maximum absolute atomic E-state index is 2.41. The predicted molar refractivity (Wildman–Crippen MR) is 50.8 cm³/mol. The van der Waals surface area contributed by atoms with E-state index in [1.807, 2.05) is 0 Å². The Bertz CT molecular complexity index is 191. The van der Waals surface area contributed by atoms with Crippen molar-refractivity contribution < 1.29 is 28.5 Å². The molecular formula is C9H16INS. The SMILES string of the molecule is C[N+]1(C)C2C=CCC1CSC2.[I-]. The van der Waals surface area contributed by atoms with Crippen LogP contribution in [0.25, 0.3) is 0 Å². The van der Waals surface area contributed by atoms with Crippen molar-refractivity contribution in [3.63, 3.8) is 0 Å². The van der Waals surface area contributed by atoms with Gasteiger partial charge in [-0.3, -0.25) is 0 Å². The van der Waals surface area contributed by atoms with Crippen LogP contribution in [0.4, 0.5) is 0 Å². The summed E-state index contributed by atoms with van der Waals surface area (Å²) in [6.45, 7) is 0. The lowest BCUT2D eigenvalue weighted by molar-refractivity contribution is -0.929. The van der Waals surface area contributed by atoms with Crippen LogP contribution in [0.2, 0.25) is 0 Å². The lowest BCUT2D eigenvalue weighted by Crippen LogP contribution is -3.00. The van der Waals surface area contributed by atoms with Gasteiger partial charge in [-0.25, -0.2) is 0 Å². The van der Waals surface area contributed by atoms with Crippen molar-refractivity contribution in [1.82, 2.24) is 0 Å². The van der Waals surface area contributed by atoms with Crippen LogP contribution in [-0.2, 0) is 0 Å². The second-order valence-corrected chi connectivity index (χ2v) is 5.13. The van der Waals surface area contributed by atoms with E-state index in [1.165, 1.54) is 22.4 Å². The van der Waals surface area contributed by atoms with E-state index in [0.717, 1.165) is 12.1 Å². The van der Waals surface area contributed by atoms with Crippen LogP contribution in [0.1, 0.15) is 6.42 Å². The highest BCUT2D eigenvalue weighted by Crippen LogP contribution is 2.32. The molecule has 70 valence electrons. The van der Waals surface area contributed by atoms with E-state index in [9.17, 15) is 0 Å². The molecule has 0 spiro atoms. The molecule has 1 saturated heterocycles. The molecule has 0 aliphatic carbocycles. The highest BCUT2D eigenvalue weighted by molar-refractivity contribution is 7.99. The second kappa shape index (κ2) is 3.88. The Morgan fingerprint density at radius 2 is 2.08 bits per heavy atom. The molecule has 2 rings (SSSR count). The Hall–Kier alpha value is 0.780. The van der Waals surface area contributed by atoms with Gasteiger partial charge in [0.05, 0.1) is 14.1 Å². The largest absolute Gasteiger partial charge is 1.00 e. The summed E-state index contributed by atoms with van der Waals surface area (Å²) in [4.78, 5) is 0. The van der Waals surface area contributed by atoms with Gasteiger partial charge >= 0.3 is 0 Å². The molecule has 0 N–H and O–H groups in total. The first kappa shape index (κ1) is 10.9. The van der Waals surface area contributed by atoms with Gasteiger partial charge in [0, 0.05) is 17.9 Å². The quantitative estimate of drug-likeness (QED) is 0.298. The number of hydrogen-bond donors (Lipinski definition) is 0. The van der Waals surface area contributed by atoms with Crippen molar-refractivity contribution in [3.8, 4) is 0 Å². The van der Waals surface area contributed by atoms with Crippen molar-refractivity contribution in [3.05, 3.63) is 12.2 Å². The Kier molecular flexibility index (Phi) is 3.51. The third-order valence-corrected chi connectivity index (χ3v) is 4.36. The summed E-state index contributed by atoms with van der Waals surface area (Å²) < 4.78 is 1.23. The first-order valence-electron chi connectivity index (χ1n) is 4.29. The van der Waals surface area contributed by atoms with Crippen molar-refractivity contribution in [2.24, 2.45) is 0 Å². The maximum Gasteiger partial charge on any atom is 0.117 e. The molecule has 0 aromatic carbocycles. The molecule has 1 fully saturated rings. The molecule has 0 aromatic rings. The predicted octanol–water partition coefficient (Wildman–Crippen LogP) is -1.49. The number of fused-ring (bicyclic) bond motifs is 2. The summed E-state index contributed by atoms with van der Waals surface area (Å²) in [5, 5.41) is 0. The number of quaternary nitrogens is 1. The van der Waals surface area contributed by atoms with Crippen LogP contribution in [0.3, 0.4) is 0 Å². The molecule has 3 heteroatoms. The minimum Gasteiger partial charge on any atom is -1.00 e. The topological polar surface area (TPSA) is 0 Å². The molecular weight excluding hydrogens is 281 g/mol. The first-order chi connectivity index (χ1) is 5.21. The van der Waals surface area contributed by atoms with Crippen molar-refractivity contribution in [1.29, 1.82) is 0 Å². The number of halogens is 1. The Morgan fingerprint density at radius 3 is 2.67 bits per heavy atom. The van der Waals surface area contributed by atoms with Gasteiger partial charge in [-0.2, -0.15) is 0 Å². The van der Waals surface area contributed by atoms with E-state index in [-0.39, 0.29) is 24.0 Å². The summed E-state index contributed by atoms with van der Waals surface area (Å²) >= 11 is 2.12. The van der Waals surface area contributed by atoms with Gasteiger partial charge in [0.15, 0.2) is 0 Å². The summed E-state index contributed by atoms with van der Waals surface area (Å²) in [6, 6.07) is 1.66. The zero-order valence-electron chi connectivity index (χ0n) is 7.66. The Morgan fingerprint density at radius 1 is 1.33 bits per heavy atom. The minimum atomic E-state index is 0. The molecule has 2 aliphatic heterocycles. The molecule has 2 aliphatic rings. The Balaban J connectivity index is 0.000000720. The summed E-state index contributed by atoms with van der Waals surface area (Å²) in [5.74, 6) is 2.67. The molecule has 1 nitrogen and oxygen atoms in total. The zero-order valence-corrected chi connectivity index (χ0v) is 10.6. The van der Waals surface area contributed by atoms with Crippen LogP contribution in [-0.4, -0.2) is 42.2 Å². The van der Waals surface area contributed by atoms with Crippen LogP contribution < -0.4 is 24.0 Å². The van der Waals surface area contributed by atoms with Gasteiger partial charge < -0.3 is 28.5 Å². The van der Waals surface area contributed by atoms with Crippen molar-refractivity contribution in [2.75, 3.05) is 25.6 Å². The number of hydrogen-bond acceptors (Lipinski definition) is 1. The molecule has 2 bridgehead atoms. The van der Waals surface area contributed by atoms with Crippen LogP contribution in [0.5, 0.6) is 0 Å². The van der Waals surface area contributed by atoms with E-state index < -0.39 is 0 Å². The third-order valence-electron chi connectivity index (χ3n) is 3.16. The molecule has 0 saturated carbocycles. The van der Waals surface area contributed by atoms with Crippen molar-refractivity contribution >= 4 is 11.8 Å². The van der Waals surface area contributed by atoms with E-state index in [4.69, 9.17) is 0 Å². The van der Waals surface area contributed by atoms with Crippen molar-refractivity contribution in [2.45, 2.75) is 18.5 Å². The summed E-state index contributed by atoms with van der Waals surface area (Å²) in [6.07, 6.45) is 6.07. The standard InChI is InChI=1S/C9H16NS.HI/c1-10(2)8-4-3-5-9(10)7-11-6-8;/h3-4,8-9H,5-7H2,1-2H3;1H/q+1;/p-1. The monoisotopic (exact) mass is 297 g/mol. The van der Waals surface area contributed by atoms with Gasteiger partial charge in [0.1, 0.15) is 12.1 Å². The maximum atomic E-state index is 2.41. The number of rotatable bonds is 0. The average Bonchev–Trinajstić information content (AvgIpc) is 1.82. The van der Waals surface area contributed by atoms with Crippen LogP contribution >= 0.6 is 11.8 Å². The first-order valence-corrected chi connectivity index (χ1v) is 5.44. The highest BCUT2D eigenvalue weighted by atomic mass is 127. The smallest absolute Gasteiger partial charge is 0.117 e. The summed E-state index contributed by atoms with van der Waals surface area (Å²) in [5.41, 5.74) is 0. The lowest BCUT2D eigenvalue weighted by atomic mass is 10.0. The van der Waals surface area contributed by atoms with Gasteiger partial charge in [-0.1, -0.05) is 6.08 Å².